The molecular weight excluding hydrogens is 266 g/mol. The monoisotopic (exact) mass is 283 g/mol. The van der Waals surface area contributed by atoms with Gasteiger partial charge in [-0.3, -0.25) is 0 Å². The summed E-state index contributed by atoms with van der Waals surface area (Å²) in [5, 5.41) is 13.0. The fraction of sp³-hybridized carbons (Fsp3) is 0.538. The summed E-state index contributed by atoms with van der Waals surface area (Å²) in [6, 6.07) is 3.90. The molecule has 0 spiro atoms. The number of halogens is 1. The van der Waals surface area contributed by atoms with Crippen LogP contribution in [0.25, 0.3) is 0 Å². The fourth-order valence-corrected chi connectivity index (χ4v) is 2.73. The van der Waals surface area contributed by atoms with E-state index in [1.54, 1.807) is 0 Å². The Hall–Kier alpha value is -0.540. The predicted molar refractivity (Wildman–Crippen MR) is 69.8 cm³/mol. The van der Waals surface area contributed by atoms with Crippen LogP contribution in [-0.2, 0) is 6.42 Å². The van der Waals surface area contributed by atoms with Gasteiger partial charge in [0, 0.05) is 0 Å². The Morgan fingerprint density at radius 3 is 3.00 bits per heavy atom. The minimum absolute atomic E-state index is 0.336. The Morgan fingerprint density at radius 1 is 1.50 bits per heavy atom. The molecule has 0 aliphatic carbocycles. The van der Waals surface area contributed by atoms with Gasteiger partial charge in [-0.25, -0.2) is 0 Å². The largest absolute Gasteiger partial charge is 0.507 e. The number of benzene rings is 1. The third kappa shape index (κ3) is 2.77. The first-order valence-electron chi connectivity index (χ1n) is 5.85. The maximum absolute atomic E-state index is 9.57. The molecule has 0 bridgehead atoms. The molecule has 16 heavy (non-hydrogen) atoms. The summed E-state index contributed by atoms with van der Waals surface area (Å²) >= 11 is 3.38. The van der Waals surface area contributed by atoms with E-state index in [9.17, 15) is 5.11 Å². The van der Waals surface area contributed by atoms with Gasteiger partial charge in [-0.05, 0) is 84.4 Å². The van der Waals surface area contributed by atoms with Crippen LogP contribution in [0, 0.1) is 12.8 Å². The second-order valence-electron chi connectivity index (χ2n) is 4.65. The molecule has 1 aromatic carbocycles. The number of rotatable bonds is 2. The van der Waals surface area contributed by atoms with Crippen LogP contribution in [0.2, 0.25) is 0 Å². The second kappa shape index (κ2) is 5.19. The number of aromatic hydroxyl groups is 1. The van der Waals surface area contributed by atoms with Gasteiger partial charge in [-0.1, -0.05) is 0 Å². The van der Waals surface area contributed by atoms with E-state index in [2.05, 4.69) is 34.2 Å². The molecule has 0 radical (unpaired) electrons. The lowest BCUT2D eigenvalue weighted by atomic mass is 9.90. The highest BCUT2D eigenvalue weighted by Gasteiger charge is 2.15. The molecule has 1 fully saturated rings. The third-order valence-electron chi connectivity index (χ3n) is 3.31. The minimum atomic E-state index is 0.336. The number of aryl methyl sites for hydroxylation is 1. The molecule has 0 saturated carbocycles. The summed E-state index contributed by atoms with van der Waals surface area (Å²) in [5.41, 5.74) is 2.53. The molecule has 3 heteroatoms. The predicted octanol–water partition coefficient (Wildman–Crippen LogP) is 3.01. The highest BCUT2D eigenvalue weighted by Crippen LogP contribution is 2.29. The lowest BCUT2D eigenvalue weighted by Crippen LogP contribution is -2.30. The van der Waals surface area contributed by atoms with Crippen LogP contribution < -0.4 is 5.32 Å². The Kier molecular flexibility index (Phi) is 3.87. The molecule has 0 aromatic heterocycles. The number of phenolic OH excluding ortho intramolecular Hbond substituents is 1. The maximum atomic E-state index is 9.57. The smallest absolute Gasteiger partial charge is 0.130 e. The van der Waals surface area contributed by atoms with Crippen LogP contribution in [0.1, 0.15) is 24.0 Å². The standard InChI is InChI=1S/C13H18BrNO/c1-9-5-13(16)12(14)7-11(9)6-10-3-2-4-15-8-10/h5,7,10,15-16H,2-4,6,8H2,1H3. The van der Waals surface area contributed by atoms with Gasteiger partial charge in [-0.2, -0.15) is 0 Å². The number of phenols is 1. The molecular formula is C13H18BrNO. The SMILES string of the molecule is Cc1cc(O)c(Br)cc1CC1CCCNC1. The Morgan fingerprint density at radius 2 is 2.31 bits per heavy atom. The van der Waals surface area contributed by atoms with Crippen LogP contribution in [0.15, 0.2) is 16.6 Å². The fourth-order valence-electron chi connectivity index (χ4n) is 2.34. The Bertz CT molecular complexity index is 372. The first-order chi connectivity index (χ1) is 7.66. The molecule has 1 aromatic rings. The van der Waals surface area contributed by atoms with Gasteiger partial charge in [0.1, 0.15) is 5.75 Å². The van der Waals surface area contributed by atoms with Crippen molar-refractivity contribution < 1.29 is 5.11 Å². The zero-order chi connectivity index (χ0) is 11.5. The molecule has 2 nitrogen and oxygen atoms in total. The van der Waals surface area contributed by atoms with Gasteiger partial charge >= 0.3 is 0 Å². The van der Waals surface area contributed by atoms with Crippen molar-refractivity contribution >= 4 is 15.9 Å². The molecule has 1 unspecified atom stereocenters. The zero-order valence-corrected chi connectivity index (χ0v) is 11.2. The highest BCUT2D eigenvalue weighted by molar-refractivity contribution is 9.10. The molecule has 1 aliphatic rings. The van der Waals surface area contributed by atoms with Crippen molar-refractivity contribution in [1.82, 2.24) is 5.32 Å². The summed E-state index contributed by atoms with van der Waals surface area (Å²) in [4.78, 5) is 0. The van der Waals surface area contributed by atoms with Crippen molar-refractivity contribution in [2.45, 2.75) is 26.2 Å². The van der Waals surface area contributed by atoms with E-state index in [0.717, 1.165) is 29.9 Å². The van der Waals surface area contributed by atoms with E-state index in [4.69, 9.17) is 0 Å². The molecule has 1 atom stereocenters. The van der Waals surface area contributed by atoms with E-state index in [1.807, 2.05) is 6.07 Å². The molecule has 0 amide bonds. The third-order valence-corrected chi connectivity index (χ3v) is 3.95. The lowest BCUT2D eigenvalue weighted by Gasteiger charge is -2.23. The van der Waals surface area contributed by atoms with Crippen LogP contribution in [0.5, 0.6) is 5.75 Å². The Balaban J connectivity index is 2.11. The molecule has 88 valence electrons. The van der Waals surface area contributed by atoms with E-state index >= 15 is 0 Å². The summed E-state index contributed by atoms with van der Waals surface area (Å²) < 4.78 is 0.803. The summed E-state index contributed by atoms with van der Waals surface area (Å²) in [6.45, 7) is 4.35. The number of piperidine rings is 1. The summed E-state index contributed by atoms with van der Waals surface area (Å²) in [7, 11) is 0. The molecule has 2 N–H and O–H groups in total. The molecule has 1 heterocycles. The van der Waals surface area contributed by atoms with Gasteiger partial charge in [-0.15, -0.1) is 0 Å². The average Bonchev–Trinajstić information content (AvgIpc) is 2.27. The summed E-state index contributed by atoms with van der Waals surface area (Å²) in [5.74, 6) is 1.08. The zero-order valence-electron chi connectivity index (χ0n) is 9.59. The number of hydrogen-bond acceptors (Lipinski definition) is 2. The highest BCUT2D eigenvalue weighted by atomic mass is 79.9. The van der Waals surface area contributed by atoms with Crippen molar-refractivity contribution in [3.05, 3.63) is 27.7 Å². The van der Waals surface area contributed by atoms with Crippen molar-refractivity contribution in [2.24, 2.45) is 5.92 Å². The molecule has 1 aliphatic heterocycles. The lowest BCUT2D eigenvalue weighted by molar-refractivity contribution is 0.375. The first kappa shape index (κ1) is 11.9. The van der Waals surface area contributed by atoms with E-state index < -0.39 is 0 Å². The van der Waals surface area contributed by atoms with Crippen LogP contribution in [-0.4, -0.2) is 18.2 Å². The quantitative estimate of drug-likeness (QED) is 0.875. The topological polar surface area (TPSA) is 32.3 Å². The van der Waals surface area contributed by atoms with E-state index in [-0.39, 0.29) is 0 Å². The van der Waals surface area contributed by atoms with Gasteiger partial charge in [0.05, 0.1) is 4.47 Å². The summed E-state index contributed by atoms with van der Waals surface area (Å²) in [6.07, 6.45) is 3.70. The van der Waals surface area contributed by atoms with Crippen LogP contribution >= 0.6 is 15.9 Å². The van der Waals surface area contributed by atoms with Gasteiger partial charge in [0.15, 0.2) is 0 Å². The molecule has 1 saturated heterocycles. The van der Waals surface area contributed by atoms with Crippen molar-refractivity contribution in [3.8, 4) is 5.75 Å². The normalized spacial score (nSPS) is 21.0. The average molecular weight is 284 g/mol. The maximum Gasteiger partial charge on any atom is 0.130 e. The minimum Gasteiger partial charge on any atom is -0.507 e. The first-order valence-corrected chi connectivity index (χ1v) is 6.65. The molecule has 2 rings (SSSR count). The van der Waals surface area contributed by atoms with Crippen molar-refractivity contribution in [2.75, 3.05) is 13.1 Å². The van der Waals surface area contributed by atoms with Crippen LogP contribution in [0.3, 0.4) is 0 Å². The Labute approximate surface area is 105 Å². The number of hydrogen-bond donors (Lipinski definition) is 2. The van der Waals surface area contributed by atoms with Crippen LogP contribution in [0.4, 0.5) is 0 Å². The van der Waals surface area contributed by atoms with Gasteiger partial charge in [0.25, 0.3) is 0 Å². The van der Waals surface area contributed by atoms with Gasteiger partial charge in [0.2, 0.25) is 0 Å². The second-order valence-corrected chi connectivity index (χ2v) is 5.50. The van der Waals surface area contributed by atoms with Crippen molar-refractivity contribution in [1.29, 1.82) is 0 Å². The van der Waals surface area contributed by atoms with Gasteiger partial charge < -0.3 is 10.4 Å². The van der Waals surface area contributed by atoms with Crippen molar-refractivity contribution in [3.63, 3.8) is 0 Å². The van der Waals surface area contributed by atoms with E-state index in [1.165, 1.54) is 24.0 Å². The van der Waals surface area contributed by atoms with E-state index in [0.29, 0.717) is 5.75 Å². The number of nitrogens with one attached hydrogen (secondary N) is 1.